The highest BCUT2D eigenvalue weighted by molar-refractivity contribution is 6.01. The predicted octanol–water partition coefficient (Wildman–Crippen LogP) is 4.00. The predicted molar refractivity (Wildman–Crippen MR) is 113 cm³/mol. The van der Waals surface area contributed by atoms with Crippen LogP contribution in [0.5, 0.6) is 0 Å². The van der Waals surface area contributed by atoms with Crippen LogP contribution >= 0.6 is 0 Å². The molecule has 2 aromatic carbocycles. The third kappa shape index (κ3) is 3.88. The quantitative estimate of drug-likeness (QED) is 0.414. The summed E-state index contributed by atoms with van der Waals surface area (Å²) >= 11 is 0. The summed E-state index contributed by atoms with van der Waals surface area (Å²) in [5.41, 5.74) is 0.445. The van der Waals surface area contributed by atoms with Crippen LogP contribution in [0.25, 0.3) is 16.7 Å². The first-order chi connectivity index (χ1) is 16.5. The van der Waals surface area contributed by atoms with Crippen LogP contribution in [-0.2, 0) is 17.3 Å². The van der Waals surface area contributed by atoms with Crippen molar-refractivity contribution in [1.29, 1.82) is 0 Å². The van der Waals surface area contributed by atoms with E-state index in [-0.39, 0.29) is 36.0 Å². The minimum absolute atomic E-state index is 0.0784. The molecule has 0 fully saturated rings. The van der Waals surface area contributed by atoms with Crippen molar-refractivity contribution in [2.24, 2.45) is 0 Å². The van der Waals surface area contributed by atoms with Gasteiger partial charge >= 0.3 is 12.1 Å². The van der Waals surface area contributed by atoms with Crippen molar-refractivity contribution < 1.29 is 31.5 Å². The van der Waals surface area contributed by atoms with Crippen molar-refractivity contribution in [3.05, 3.63) is 71.5 Å². The largest absolute Gasteiger partial charge is 0.458 e. The first-order valence-corrected chi connectivity index (χ1v) is 10.2. The van der Waals surface area contributed by atoms with E-state index in [1.165, 1.54) is 11.1 Å². The zero-order chi connectivity index (χ0) is 25.0. The summed E-state index contributed by atoms with van der Waals surface area (Å²) in [5.74, 6) is -6.23. The zero-order valence-electron chi connectivity index (χ0n) is 17.6. The van der Waals surface area contributed by atoms with E-state index >= 15 is 0 Å². The molecule has 4 aromatic rings. The number of para-hydroxylation sites is 1. The van der Waals surface area contributed by atoms with Gasteiger partial charge in [-0.2, -0.15) is 27.1 Å². The molecule has 0 atom stereocenters. The molecule has 2 amide bonds. The molecule has 2 N–H and O–H groups in total. The Bertz CT molecular complexity index is 1440. The van der Waals surface area contributed by atoms with Crippen LogP contribution in [0.2, 0.25) is 0 Å². The molecule has 35 heavy (non-hydrogen) atoms. The fraction of sp³-hybridized carbons (Fsp3) is 0.182. The van der Waals surface area contributed by atoms with E-state index < -0.39 is 23.6 Å². The van der Waals surface area contributed by atoms with Crippen LogP contribution in [0.3, 0.4) is 0 Å². The average Bonchev–Trinajstić information content (AvgIpc) is 3.48. The zero-order valence-corrected chi connectivity index (χ0v) is 17.6. The molecule has 13 heteroatoms. The maximum atomic E-state index is 13.6. The van der Waals surface area contributed by atoms with Gasteiger partial charge in [0.05, 0.1) is 40.7 Å². The fourth-order valence-corrected chi connectivity index (χ4v) is 3.82. The second-order valence-electron chi connectivity index (χ2n) is 7.85. The van der Waals surface area contributed by atoms with E-state index in [0.717, 1.165) is 11.8 Å². The highest BCUT2D eigenvalue weighted by Gasteiger charge is 2.58. The number of anilines is 1. The van der Waals surface area contributed by atoms with Crippen molar-refractivity contribution >= 4 is 28.8 Å². The number of amides is 2. The number of hydrogen-bond donors (Lipinski definition) is 2. The Morgan fingerprint density at radius 2 is 1.83 bits per heavy atom. The topological polar surface area (TPSA) is 95.9 Å². The molecule has 5 rings (SSSR count). The van der Waals surface area contributed by atoms with Gasteiger partial charge in [-0.1, -0.05) is 24.3 Å². The van der Waals surface area contributed by atoms with Crippen LogP contribution < -0.4 is 5.32 Å². The van der Waals surface area contributed by atoms with Crippen LogP contribution in [-0.4, -0.2) is 49.2 Å². The Morgan fingerprint density at radius 3 is 2.54 bits per heavy atom. The van der Waals surface area contributed by atoms with Gasteiger partial charge < -0.3 is 9.88 Å². The summed E-state index contributed by atoms with van der Waals surface area (Å²) in [6.45, 7) is -0.205. The highest BCUT2D eigenvalue weighted by Crippen LogP contribution is 2.44. The van der Waals surface area contributed by atoms with Gasteiger partial charge in [0.1, 0.15) is 6.54 Å². The number of nitrogens with one attached hydrogen (secondary N) is 2. The van der Waals surface area contributed by atoms with Crippen LogP contribution in [0, 0.1) is 0 Å². The molecule has 0 saturated carbocycles. The standard InChI is InChI=1S/C22H15F5N6O2/c23-21(24,22(25,26)27)12-6-7-15-16(8-12)30-20(29-15)31-18(34)11-32-10-17-14(19(32)35)9-28-33(17)13-4-2-1-3-5-13/h1-9H,10-11H2,(H2,29,30,31,34). The molecular weight excluding hydrogens is 475 g/mol. The molecule has 0 saturated heterocycles. The number of benzene rings is 2. The Balaban J connectivity index is 1.29. The number of hydrogen-bond acceptors (Lipinski definition) is 4. The summed E-state index contributed by atoms with van der Waals surface area (Å²) in [6.07, 6.45) is -4.33. The normalized spacial score (nSPS) is 14.0. The summed E-state index contributed by atoms with van der Waals surface area (Å²) < 4.78 is 66.8. The number of aromatic amines is 1. The van der Waals surface area contributed by atoms with Gasteiger partial charge in [0.15, 0.2) is 0 Å². The van der Waals surface area contributed by atoms with Crippen LogP contribution in [0.4, 0.5) is 27.9 Å². The number of aromatic nitrogens is 4. The number of halogens is 5. The van der Waals surface area contributed by atoms with E-state index in [0.29, 0.717) is 23.4 Å². The number of H-pyrrole nitrogens is 1. The molecular formula is C22H15F5N6O2. The van der Waals surface area contributed by atoms with E-state index in [2.05, 4.69) is 20.4 Å². The number of carbonyl (C=O) groups excluding carboxylic acids is 2. The molecule has 0 aliphatic carbocycles. The SMILES string of the molecule is O=C(CN1Cc2c(cnn2-c2ccccc2)C1=O)Nc1nc2ccc(C(F)(F)C(F)(F)F)cc2[nH]1. The molecule has 180 valence electrons. The molecule has 1 aliphatic heterocycles. The van der Waals surface area contributed by atoms with Crippen molar-refractivity contribution in [3.63, 3.8) is 0 Å². The Kier molecular flexibility index (Phi) is 5.07. The van der Waals surface area contributed by atoms with Gasteiger partial charge in [-0.05, 0) is 24.3 Å². The van der Waals surface area contributed by atoms with E-state index in [9.17, 15) is 31.5 Å². The number of rotatable bonds is 5. The molecule has 0 bridgehead atoms. The lowest BCUT2D eigenvalue weighted by Gasteiger charge is -2.19. The van der Waals surface area contributed by atoms with Crippen LogP contribution in [0.15, 0.2) is 54.7 Å². The van der Waals surface area contributed by atoms with Gasteiger partial charge in [0.25, 0.3) is 5.91 Å². The van der Waals surface area contributed by atoms with Crippen molar-refractivity contribution in [2.75, 3.05) is 11.9 Å². The summed E-state index contributed by atoms with van der Waals surface area (Å²) in [6, 6.07) is 11.4. The van der Waals surface area contributed by atoms with E-state index in [1.54, 1.807) is 4.68 Å². The summed E-state index contributed by atoms with van der Waals surface area (Å²) in [7, 11) is 0. The van der Waals surface area contributed by atoms with Crippen molar-refractivity contribution in [1.82, 2.24) is 24.6 Å². The molecule has 2 aromatic heterocycles. The third-order valence-electron chi connectivity index (χ3n) is 5.52. The number of carbonyl (C=O) groups is 2. The van der Waals surface area contributed by atoms with Gasteiger partial charge in [0, 0.05) is 5.56 Å². The monoisotopic (exact) mass is 490 g/mol. The summed E-state index contributed by atoms with van der Waals surface area (Å²) in [5, 5.41) is 6.63. The second kappa shape index (κ2) is 7.89. The summed E-state index contributed by atoms with van der Waals surface area (Å²) in [4.78, 5) is 33.0. The van der Waals surface area contributed by atoms with E-state index in [1.807, 2.05) is 30.3 Å². The maximum absolute atomic E-state index is 13.6. The average molecular weight is 490 g/mol. The first kappa shape index (κ1) is 22.5. The number of alkyl halides is 5. The molecule has 0 unspecified atom stereocenters. The second-order valence-corrected chi connectivity index (χ2v) is 7.85. The lowest BCUT2D eigenvalue weighted by molar-refractivity contribution is -0.289. The van der Waals surface area contributed by atoms with Crippen molar-refractivity contribution in [2.45, 2.75) is 18.6 Å². The number of imidazole rings is 1. The van der Waals surface area contributed by atoms with E-state index in [4.69, 9.17) is 0 Å². The smallest absolute Gasteiger partial charge is 0.324 e. The first-order valence-electron chi connectivity index (χ1n) is 10.2. The Hall–Kier alpha value is -4.29. The molecule has 0 spiro atoms. The minimum atomic E-state index is -5.75. The lowest BCUT2D eigenvalue weighted by atomic mass is 10.1. The van der Waals surface area contributed by atoms with Crippen LogP contribution in [0.1, 0.15) is 21.6 Å². The minimum Gasteiger partial charge on any atom is -0.324 e. The molecule has 8 nitrogen and oxygen atoms in total. The molecule has 1 aliphatic rings. The van der Waals surface area contributed by atoms with Crippen molar-refractivity contribution in [3.8, 4) is 5.69 Å². The number of fused-ring (bicyclic) bond motifs is 2. The molecule has 0 radical (unpaired) electrons. The maximum Gasteiger partial charge on any atom is 0.458 e. The van der Waals surface area contributed by atoms with Gasteiger partial charge in [0.2, 0.25) is 11.9 Å². The van der Waals surface area contributed by atoms with Gasteiger partial charge in [-0.15, -0.1) is 0 Å². The fourth-order valence-electron chi connectivity index (χ4n) is 3.82. The Morgan fingerprint density at radius 1 is 1.09 bits per heavy atom. The molecule has 3 heterocycles. The lowest BCUT2D eigenvalue weighted by Crippen LogP contribution is -2.34. The van der Waals surface area contributed by atoms with Gasteiger partial charge in [-0.3, -0.25) is 14.9 Å². The van der Waals surface area contributed by atoms with Gasteiger partial charge in [-0.25, -0.2) is 9.67 Å². The third-order valence-corrected chi connectivity index (χ3v) is 5.52. The Labute approximate surface area is 193 Å². The highest BCUT2D eigenvalue weighted by atomic mass is 19.4. The number of nitrogens with zero attached hydrogens (tertiary/aromatic N) is 4.